The standard InChI is InChI=1S/C18H24N4O2/c23-18(10-14-3-4-14)19-7-5-15-11-21(13-17-2-1-9-24-17)12-16-6-8-20-22(15)16/h1-2,6,8-9,14-15H,3-5,7,10-13H2,(H,19,23). The molecule has 1 atom stereocenters. The number of rotatable bonds is 7. The first-order chi connectivity index (χ1) is 11.8. The van der Waals surface area contributed by atoms with Crippen molar-refractivity contribution in [2.24, 2.45) is 5.92 Å². The van der Waals surface area contributed by atoms with Crippen molar-refractivity contribution >= 4 is 5.91 Å². The number of carbonyl (C=O) groups is 1. The van der Waals surface area contributed by atoms with Gasteiger partial charge in [-0.15, -0.1) is 0 Å². The number of carbonyl (C=O) groups excluding carboxylic acids is 1. The van der Waals surface area contributed by atoms with Crippen LogP contribution in [0.2, 0.25) is 0 Å². The highest BCUT2D eigenvalue weighted by atomic mass is 16.3. The summed E-state index contributed by atoms with van der Waals surface area (Å²) in [5.74, 6) is 1.82. The number of aromatic nitrogens is 2. The lowest BCUT2D eigenvalue weighted by molar-refractivity contribution is -0.121. The van der Waals surface area contributed by atoms with E-state index < -0.39 is 0 Å². The van der Waals surface area contributed by atoms with Gasteiger partial charge in [0.25, 0.3) is 0 Å². The van der Waals surface area contributed by atoms with Gasteiger partial charge in [0.2, 0.25) is 5.91 Å². The van der Waals surface area contributed by atoms with Gasteiger partial charge in [0.1, 0.15) is 5.76 Å². The topological polar surface area (TPSA) is 63.3 Å². The Morgan fingerprint density at radius 3 is 3.08 bits per heavy atom. The van der Waals surface area contributed by atoms with Crippen LogP contribution < -0.4 is 5.32 Å². The van der Waals surface area contributed by atoms with Crippen molar-refractivity contribution < 1.29 is 9.21 Å². The number of furan rings is 1. The molecule has 6 heteroatoms. The summed E-state index contributed by atoms with van der Waals surface area (Å²) in [5.41, 5.74) is 1.22. The highest BCUT2D eigenvalue weighted by Gasteiger charge is 2.27. The van der Waals surface area contributed by atoms with Crippen molar-refractivity contribution in [3.63, 3.8) is 0 Å². The van der Waals surface area contributed by atoms with Crippen LogP contribution in [0.5, 0.6) is 0 Å². The molecule has 0 bridgehead atoms. The second kappa shape index (κ2) is 6.81. The second-order valence-corrected chi connectivity index (χ2v) is 6.96. The Bertz CT molecular complexity index is 675. The molecule has 1 saturated carbocycles. The number of hydrogen-bond donors (Lipinski definition) is 1. The molecule has 1 aliphatic carbocycles. The van der Waals surface area contributed by atoms with Crippen molar-refractivity contribution in [2.75, 3.05) is 13.1 Å². The number of nitrogens with zero attached hydrogens (tertiary/aromatic N) is 3. The average molecular weight is 328 g/mol. The quantitative estimate of drug-likeness (QED) is 0.847. The van der Waals surface area contributed by atoms with Crippen LogP contribution in [-0.4, -0.2) is 33.7 Å². The molecule has 0 saturated heterocycles. The van der Waals surface area contributed by atoms with Crippen LogP contribution >= 0.6 is 0 Å². The van der Waals surface area contributed by atoms with Crippen molar-refractivity contribution in [3.05, 3.63) is 42.1 Å². The molecule has 0 aromatic carbocycles. The van der Waals surface area contributed by atoms with Gasteiger partial charge in [-0.2, -0.15) is 5.10 Å². The van der Waals surface area contributed by atoms with E-state index in [0.717, 1.165) is 31.8 Å². The monoisotopic (exact) mass is 328 g/mol. The van der Waals surface area contributed by atoms with Crippen molar-refractivity contribution in [1.29, 1.82) is 0 Å². The molecule has 1 N–H and O–H groups in total. The van der Waals surface area contributed by atoms with Gasteiger partial charge in [0.05, 0.1) is 24.5 Å². The first-order valence-electron chi connectivity index (χ1n) is 8.82. The molecule has 2 aromatic heterocycles. The van der Waals surface area contributed by atoms with E-state index in [-0.39, 0.29) is 5.91 Å². The summed E-state index contributed by atoms with van der Waals surface area (Å²) in [6.07, 6.45) is 7.62. The van der Waals surface area contributed by atoms with E-state index in [4.69, 9.17) is 4.42 Å². The molecule has 1 fully saturated rings. The minimum atomic E-state index is 0.196. The zero-order chi connectivity index (χ0) is 16.4. The van der Waals surface area contributed by atoms with Crippen LogP contribution in [0, 0.1) is 5.92 Å². The molecule has 6 nitrogen and oxygen atoms in total. The normalized spacial score (nSPS) is 20.8. The molecule has 1 aliphatic heterocycles. The minimum Gasteiger partial charge on any atom is -0.468 e. The predicted octanol–water partition coefficient (Wildman–Crippen LogP) is 2.34. The summed E-state index contributed by atoms with van der Waals surface area (Å²) >= 11 is 0. The van der Waals surface area contributed by atoms with Gasteiger partial charge in [0, 0.05) is 32.3 Å². The third-order valence-electron chi connectivity index (χ3n) is 4.88. The first-order valence-corrected chi connectivity index (χ1v) is 8.82. The first kappa shape index (κ1) is 15.4. The summed E-state index contributed by atoms with van der Waals surface area (Å²) in [6.45, 7) is 3.33. The van der Waals surface area contributed by atoms with Gasteiger partial charge in [-0.05, 0) is 43.4 Å². The van der Waals surface area contributed by atoms with E-state index in [1.165, 1.54) is 18.5 Å². The molecule has 2 aliphatic rings. The highest BCUT2D eigenvalue weighted by Crippen LogP contribution is 2.32. The van der Waals surface area contributed by atoms with Crippen LogP contribution in [0.15, 0.2) is 35.1 Å². The van der Waals surface area contributed by atoms with Gasteiger partial charge < -0.3 is 9.73 Å². The van der Waals surface area contributed by atoms with Crippen LogP contribution in [0.1, 0.15) is 43.2 Å². The van der Waals surface area contributed by atoms with Crippen LogP contribution in [0.3, 0.4) is 0 Å². The van der Waals surface area contributed by atoms with Gasteiger partial charge >= 0.3 is 0 Å². The summed E-state index contributed by atoms with van der Waals surface area (Å²) in [5, 5.41) is 7.55. The number of fused-ring (bicyclic) bond motifs is 1. The fourth-order valence-corrected chi connectivity index (χ4v) is 3.46. The summed E-state index contributed by atoms with van der Waals surface area (Å²) in [6, 6.07) is 6.31. The Kier molecular flexibility index (Phi) is 4.38. The third kappa shape index (κ3) is 3.70. The van der Waals surface area contributed by atoms with Crippen LogP contribution in [0.25, 0.3) is 0 Å². The molecule has 4 rings (SSSR count). The molecular weight excluding hydrogens is 304 g/mol. The Hall–Kier alpha value is -2.08. The van der Waals surface area contributed by atoms with Gasteiger partial charge in [-0.25, -0.2) is 0 Å². The molecule has 1 amide bonds. The predicted molar refractivity (Wildman–Crippen MR) is 89.1 cm³/mol. The molecule has 2 aromatic rings. The second-order valence-electron chi connectivity index (χ2n) is 6.96. The molecule has 1 unspecified atom stereocenters. The van der Waals surface area contributed by atoms with E-state index in [9.17, 15) is 4.79 Å². The fourth-order valence-electron chi connectivity index (χ4n) is 3.46. The minimum absolute atomic E-state index is 0.196. The zero-order valence-electron chi connectivity index (χ0n) is 13.9. The summed E-state index contributed by atoms with van der Waals surface area (Å²) < 4.78 is 7.59. The zero-order valence-corrected chi connectivity index (χ0v) is 13.9. The molecule has 128 valence electrons. The molecule has 24 heavy (non-hydrogen) atoms. The lowest BCUT2D eigenvalue weighted by atomic mass is 10.1. The highest BCUT2D eigenvalue weighted by molar-refractivity contribution is 5.76. The van der Waals surface area contributed by atoms with Crippen molar-refractivity contribution in [2.45, 2.75) is 44.8 Å². The van der Waals surface area contributed by atoms with Crippen molar-refractivity contribution in [3.8, 4) is 0 Å². The van der Waals surface area contributed by atoms with Gasteiger partial charge in [-0.1, -0.05) is 0 Å². The van der Waals surface area contributed by atoms with Crippen molar-refractivity contribution in [1.82, 2.24) is 20.0 Å². The smallest absolute Gasteiger partial charge is 0.220 e. The maximum atomic E-state index is 11.9. The van der Waals surface area contributed by atoms with E-state index >= 15 is 0 Å². The molecule has 3 heterocycles. The maximum Gasteiger partial charge on any atom is 0.220 e. The lowest BCUT2D eigenvalue weighted by Gasteiger charge is -2.33. The lowest BCUT2D eigenvalue weighted by Crippen LogP contribution is -2.38. The van der Waals surface area contributed by atoms with Gasteiger partial charge in [0.15, 0.2) is 0 Å². The van der Waals surface area contributed by atoms with E-state index in [0.29, 0.717) is 24.9 Å². The summed E-state index contributed by atoms with van der Waals surface area (Å²) in [7, 11) is 0. The van der Waals surface area contributed by atoms with Crippen LogP contribution in [-0.2, 0) is 17.9 Å². The number of amides is 1. The molecule has 0 radical (unpaired) electrons. The van der Waals surface area contributed by atoms with Crippen LogP contribution in [0.4, 0.5) is 0 Å². The van der Waals surface area contributed by atoms with E-state index in [1.54, 1.807) is 6.26 Å². The third-order valence-corrected chi connectivity index (χ3v) is 4.88. The number of hydrogen-bond acceptors (Lipinski definition) is 4. The Morgan fingerprint density at radius 1 is 1.38 bits per heavy atom. The Morgan fingerprint density at radius 2 is 2.29 bits per heavy atom. The Labute approximate surface area is 141 Å². The largest absolute Gasteiger partial charge is 0.468 e. The molecule has 0 spiro atoms. The fraction of sp³-hybridized carbons (Fsp3) is 0.556. The average Bonchev–Trinajstić information content (AvgIpc) is 3.03. The number of nitrogens with one attached hydrogen (secondary N) is 1. The van der Waals surface area contributed by atoms with Gasteiger partial charge in [-0.3, -0.25) is 14.4 Å². The molecular formula is C18H24N4O2. The van der Waals surface area contributed by atoms with E-state index in [2.05, 4.69) is 26.1 Å². The Balaban J connectivity index is 1.33. The SMILES string of the molecule is O=C(CC1CC1)NCCC1CN(Cc2ccco2)Cc2ccnn21. The summed E-state index contributed by atoms with van der Waals surface area (Å²) in [4.78, 5) is 14.2. The van der Waals surface area contributed by atoms with E-state index in [1.807, 2.05) is 18.3 Å². The maximum absolute atomic E-state index is 11.9.